The van der Waals surface area contributed by atoms with E-state index in [1.54, 1.807) is 6.92 Å². The first kappa shape index (κ1) is 22.1. The van der Waals surface area contributed by atoms with Crippen LogP contribution in [-0.2, 0) is 15.6 Å². The van der Waals surface area contributed by atoms with Gasteiger partial charge in [-0.25, -0.2) is 17.5 Å². The smallest absolute Gasteiger partial charge is 0.211 e. The molecule has 1 aliphatic carbocycles. The van der Waals surface area contributed by atoms with E-state index in [1.165, 1.54) is 24.6 Å². The predicted octanol–water partition coefficient (Wildman–Crippen LogP) is 3.71. The maximum Gasteiger partial charge on any atom is 0.211 e. The summed E-state index contributed by atoms with van der Waals surface area (Å²) in [6.45, 7) is 4.10. The molecular formula is C20H32FNO4S. The van der Waals surface area contributed by atoms with E-state index >= 15 is 0 Å². The Morgan fingerprint density at radius 3 is 2.63 bits per heavy atom. The van der Waals surface area contributed by atoms with Crippen LogP contribution < -0.4 is 9.46 Å². The largest absolute Gasteiger partial charge is 0.490 e. The first-order valence-electron chi connectivity index (χ1n) is 9.92. The number of benzene rings is 1. The normalized spacial score (nSPS) is 17.3. The van der Waals surface area contributed by atoms with E-state index in [2.05, 4.69) is 4.72 Å². The zero-order valence-corrected chi connectivity index (χ0v) is 17.2. The molecule has 27 heavy (non-hydrogen) atoms. The van der Waals surface area contributed by atoms with Crippen LogP contribution in [0.3, 0.4) is 0 Å². The summed E-state index contributed by atoms with van der Waals surface area (Å²) in [6, 6.07) is 4.24. The third-order valence-electron chi connectivity index (χ3n) is 5.35. The summed E-state index contributed by atoms with van der Waals surface area (Å²) in [5, 5.41) is 11.0. The van der Waals surface area contributed by atoms with Gasteiger partial charge in [0.25, 0.3) is 0 Å². The van der Waals surface area contributed by atoms with E-state index < -0.39 is 21.4 Å². The van der Waals surface area contributed by atoms with Gasteiger partial charge in [0.15, 0.2) is 11.6 Å². The molecule has 0 unspecified atom stereocenters. The fourth-order valence-corrected chi connectivity index (χ4v) is 4.23. The maximum atomic E-state index is 14.1. The van der Waals surface area contributed by atoms with Crippen molar-refractivity contribution in [3.8, 4) is 5.75 Å². The molecule has 2 N–H and O–H groups in total. The number of hydrogen-bond acceptors (Lipinski definition) is 4. The van der Waals surface area contributed by atoms with Crippen LogP contribution in [0.4, 0.5) is 4.39 Å². The van der Waals surface area contributed by atoms with Gasteiger partial charge in [-0.15, -0.1) is 0 Å². The van der Waals surface area contributed by atoms with Gasteiger partial charge in [-0.1, -0.05) is 39.2 Å². The third kappa shape index (κ3) is 6.43. The highest BCUT2D eigenvalue weighted by atomic mass is 32.2. The second-order valence-corrected chi connectivity index (χ2v) is 9.41. The highest BCUT2D eigenvalue weighted by molar-refractivity contribution is 7.89. The molecule has 0 spiro atoms. The van der Waals surface area contributed by atoms with Crippen molar-refractivity contribution in [2.75, 3.05) is 18.9 Å². The fraction of sp³-hybridized carbons (Fsp3) is 0.700. The van der Waals surface area contributed by atoms with Crippen molar-refractivity contribution in [1.29, 1.82) is 0 Å². The summed E-state index contributed by atoms with van der Waals surface area (Å²) in [5.41, 5.74) is -0.966. The number of rotatable bonds is 12. The van der Waals surface area contributed by atoms with Crippen molar-refractivity contribution < 1.29 is 22.7 Å². The Bertz CT molecular complexity index is 706. The van der Waals surface area contributed by atoms with E-state index in [9.17, 15) is 17.9 Å². The molecule has 0 aliphatic heterocycles. The Labute approximate surface area is 162 Å². The van der Waals surface area contributed by atoms with Crippen LogP contribution in [-0.4, -0.2) is 32.4 Å². The number of halogens is 1. The molecule has 1 aromatic rings. The van der Waals surface area contributed by atoms with E-state index in [4.69, 9.17) is 4.74 Å². The minimum Gasteiger partial charge on any atom is -0.490 e. The topological polar surface area (TPSA) is 75.6 Å². The minimum atomic E-state index is -3.46. The molecule has 0 aromatic heterocycles. The lowest BCUT2D eigenvalue weighted by atomic mass is 9.86. The van der Waals surface area contributed by atoms with E-state index in [0.29, 0.717) is 24.5 Å². The van der Waals surface area contributed by atoms with Crippen molar-refractivity contribution in [3.63, 3.8) is 0 Å². The molecule has 1 aliphatic rings. The lowest BCUT2D eigenvalue weighted by Crippen LogP contribution is -2.41. The highest BCUT2D eigenvalue weighted by Gasteiger charge is 2.30. The second kappa shape index (κ2) is 9.85. The molecule has 154 valence electrons. The molecular weight excluding hydrogens is 369 g/mol. The van der Waals surface area contributed by atoms with Gasteiger partial charge in [-0.05, 0) is 49.3 Å². The van der Waals surface area contributed by atoms with E-state index in [-0.39, 0.29) is 24.5 Å². The van der Waals surface area contributed by atoms with Gasteiger partial charge in [-0.2, -0.15) is 0 Å². The number of aliphatic hydroxyl groups is 1. The Hall–Kier alpha value is -1.18. The Kier molecular flexibility index (Phi) is 8.06. The molecule has 7 heteroatoms. The Morgan fingerprint density at radius 1 is 1.30 bits per heavy atom. The average Bonchev–Trinajstić information content (AvgIpc) is 2.60. The summed E-state index contributed by atoms with van der Waals surface area (Å²) in [7, 11) is -3.46. The minimum absolute atomic E-state index is 0.0415. The van der Waals surface area contributed by atoms with Crippen LogP contribution in [0, 0.1) is 11.7 Å². The molecule has 0 radical (unpaired) electrons. The quantitative estimate of drug-likeness (QED) is 0.524. The summed E-state index contributed by atoms with van der Waals surface area (Å²) in [4.78, 5) is 0. The van der Waals surface area contributed by atoms with Crippen LogP contribution in [0.25, 0.3) is 0 Å². The second-order valence-electron chi connectivity index (χ2n) is 7.49. The number of sulfonamides is 1. The summed E-state index contributed by atoms with van der Waals surface area (Å²) >= 11 is 0. The standard InChI is InChI=1S/C20H32FNO4S/c1-3-5-6-12-27(24,25)22-15-20(23,4-2)17-10-11-18(21)19(13-17)26-14-16-8-7-9-16/h10-11,13,16,22-23H,3-9,12,14-15H2,1-2H3/t20-/m1/s1. The maximum absolute atomic E-state index is 14.1. The molecule has 1 aromatic carbocycles. The van der Waals surface area contributed by atoms with E-state index in [0.717, 1.165) is 25.7 Å². The number of unbranched alkanes of at least 4 members (excludes halogenated alkanes) is 2. The van der Waals surface area contributed by atoms with Gasteiger partial charge in [0.05, 0.1) is 12.4 Å². The first-order valence-corrected chi connectivity index (χ1v) is 11.6. The molecule has 2 rings (SSSR count). The molecule has 0 heterocycles. The van der Waals surface area contributed by atoms with Crippen molar-refractivity contribution in [2.24, 2.45) is 5.92 Å². The van der Waals surface area contributed by atoms with Crippen molar-refractivity contribution in [1.82, 2.24) is 4.72 Å². The molecule has 1 atom stereocenters. The Morgan fingerprint density at radius 2 is 2.04 bits per heavy atom. The monoisotopic (exact) mass is 401 g/mol. The summed E-state index contributed by atoms with van der Waals surface area (Å²) < 4.78 is 46.4. The van der Waals surface area contributed by atoms with Crippen LogP contribution >= 0.6 is 0 Å². The highest BCUT2D eigenvalue weighted by Crippen LogP contribution is 2.31. The number of hydrogen-bond donors (Lipinski definition) is 2. The SMILES string of the molecule is CCCCCS(=O)(=O)NC[C@](O)(CC)c1ccc(F)c(OCC2CCC2)c1. The number of ether oxygens (including phenoxy) is 1. The van der Waals surface area contributed by atoms with Gasteiger partial charge in [0.1, 0.15) is 5.60 Å². The van der Waals surface area contributed by atoms with Gasteiger partial charge in [0, 0.05) is 6.54 Å². The zero-order chi connectivity index (χ0) is 19.9. The third-order valence-corrected chi connectivity index (χ3v) is 6.76. The van der Waals surface area contributed by atoms with Gasteiger partial charge < -0.3 is 9.84 Å². The zero-order valence-electron chi connectivity index (χ0n) is 16.3. The van der Waals surface area contributed by atoms with E-state index in [1.807, 2.05) is 6.92 Å². The molecule has 0 amide bonds. The van der Waals surface area contributed by atoms with Crippen LogP contribution in [0.15, 0.2) is 18.2 Å². The predicted molar refractivity (Wildman–Crippen MR) is 105 cm³/mol. The summed E-state index contributed by atoms with van der Waals surface area (Å²) in [5.74, 6) is 0.140. The Balaban J connectivity index is 2.05. The average molecular weight is 402 g/mol. The lowest BCUT2D eigenvalue weighted by Gasteiger charge is -2.29. The van der Waals surface area contributed by atoms with Crippen LogP contribution in [0.1, 0.15) is 64.4 Å². The van der Waals surface area contributed by atoms with Gasteiger partial charge >= 0.3 is 0 Å². The molecule has 1 fully saturated rings. The molecule has 5 nitrogen and oxygen atoms in total. The van der Waals surface area contributed by atoms with Crippen molar-refractivity contribution in [3.05, 3.63) is 29.6 Å². The molecule has 1 saturated carbocycles. The molecule has 0 bridgehead atoms. The van der Waals surface area contributed by atoms with Crippen LogP contribution in [0.5, 0.6) is 5.75 Å². The number of nitrogens with one attached hydrogen (secondary N) is 1. The molecule has 0 saturated heterocycles. The lowest BCUT2D eigenvalue weighted by molar-refractivity contribution is 0.0375. The summed E-state index contributed by atoms with van der Waals surface area (Å²) in [6.07, 6.45) is 6.04. The fourth-order valence-electron chi connectivity index (χ4n) is 3.05. The van der Waals surface area contributed by atoms with Gasteiger partial charge in [0.2, 0.25) is 10.0 Å². The van der Waals surface area contributed by atoms with Crippen molar-refractivity contribution in [2.45, 2.75) is 64.4 Å². The van der Waals surface area contributed by atoms with Crippen molar-refractivity contribution >= 4 is 10.0 Å². The first-order chi connectivity index (χ1) is 12.8. The van der Waals surface area contributed by atoms with Gasteiger partial charge in [-0.3, -0.25) is 0 Å². The van der Waals surface area contributed by atoms with Crippen LogP contribution in [0.2, 0.25) is 0 Å².